The highest BCUT2D eigenvalue weighted by atomic mass is 16.5. The summed E-state index contributed by atoms with van der Waals surface area (Å²) in [6.45, 7) is 3.27. The van der Waals surface area contributed by atoms with Crippen molar-refractivity contribution in [1.29, 1.82) is 0 Å². The first-order valence-electron chi connectivity index (χ1n) is 8.81. The van der Waals surface area contributed by atoms with E-state index in [1.165, 1.54) is 22.4 Å². The Hall–Kier alpha value is -2.74. The number of hydrogen-bond donors (Lipinski definition) is 0. The molecule has 2 heteroatoms. The summed E-state index contributed by atoms with van der Waals surface area (Å²) in [6, 6.07) is 28.5. The molecule has 0 spiro atoms. The van der Waals surface area contributed by atoms with E-state index >= 15 is 0 Å². The molecular formula is C23H23NO. The maximum Gasteiger partial charge on any atom is 0.119 e. The monoisotopic (exact) mass is 329 g/mol. The van der Waals surface area contributed by atoms with Gasteiger partial charge in [0.1, 0.15) is 5.75 Å². The lowest BCUT2D eigenvalue weighted by atomic mass is 9.79. The second-order valence-electron chi connectivity index (χ2n) is 6.65. The molecule has 0 saturated heterocycles. The van der Waals surface area contributed by atoms with E-state index in [0.29, 0.717) is 12.0 Å². The quantitative estimate of drug-likeness (QED) is 0.652. The van der Waals surface area contributed by atoms with Gasteiger partial charge in [-0.25, -0.2) is 0 Å². The molecule has 1 aliphatic heterocycles. The van der Waals surface area contributed by atoms with Crippen molar-refractivity contribution in [3.8, 4) is 5.75 Å². The van der Waals surface area contributed by atoms with E-state index in [2.05, 4.69) is 78.6 Å². The zero-order chi connectivity index (χ0) is 17.2. The van der Waals surface area contributed by atoms with Crippen LogP contribution in [0.25, 0.3) is 0 Å². The second-order valence-corrected chi connectivity index (χ2v) is 6.65. The second kappa shape index (κ2) is 6.64. The van der Waals surface area contributed by atoms with Crippen LogP contribution in [0.4, 0.5) is 5.69 Å². The minimum Gasteiger partial charge on any atom is -0.497 e. The van der Waals surface area contributed by atoms with Crippen molar-refractivity contribution in [3.63, 3.8) is 0 Å². The molecule has 0 saturated carbocycles. The first kappa shape index (κ1) is 15.8. The summed E-state index contributed by atoms with van der Waals surface area (Å²) in [6.07, 6.45) is 0. The van der Waals surface area contributed by atoms with Crippen LogP contribution in [0.1, 0.15) is 29.5 Å². The van der Waals surface area contributed by atoms with Crippen LogP contribution >= 0.6 is 0 Å². The van der Waals surface area contributed by atoms with Crippen molar-refractivity contribution >= 4 is 5.69 Å². The summed E-state index contributed by atoms with van der Waals surface area (Å²) in [5, 5.41) is 0. The third-order valence-electron chi connectivity index (χ3n) is 5.27. The van der Waals surface area contributed by atoms with Gasteiger partial charge in [-0.3, -0.25) is 0 Å². The van der Waals surface area contributed by atoms with Crippen LogP contribution in [-0.4, -0.2) is 13.2 Å². The smallest absolute Gasteiger partial charge is 0.119 e. The molecule has 2 nitrogen and oxygen atoms in total. The van der Waals surface area contributed by atoms with Crippen molar-refractivity contribution in [2.45, 2.75) is 25.4 Å². The fourth-order valence-electron chi connectivity index (χ4n) is 3.97. The van der Waals surface area contributed by atoms with Crippen molar-refractivity contribution in [2.75, 3.05) is 12.0 Å². The van der Waals surface area contributed by atoms with Gasteiger partial charge < -0.3 is 9.64 Å². The average molecular weight is 329 g/mol. The fourth-order valence-corrected chi connectivity index (χ4v) is 3.97. The van der Waals surface area contributed by atoms with Gasteiger partial charge in [0.2, 0.25) is 0 Å². The minimum atomic E-state index is 0.369. The van der Waals surface area contributed by atoms with E-state index in [1.807, 2.05) is 12.1 Å². The van der Waals surface area contributed by atoms with Gasteiger partial charge in [0.05, 0.1) is 7.11 Å². The molecular weight excluding hydrogens is 306 g/mol. The minimum absolute atomic E-state index is 0.369. The number of hydrogen-bond acceptors (Lipinski definition) is 2. The van der Waals surface area contributed by atoms with Crippen LogP contribution in [0.15, 0.2) is 78.9 Å². The highest BCUT2D eigenvalue weighted by molar-refractivity contribution is 5.55. The zero-order valence-electron chi connectivity index (χ0n) is 14.7. The van der Waals surface area contributed by atoms with Crippen LogP contribution in [0.5, 0.6) is 5.75 Å². The van der Waals surface area contributed by atoms with Crippen LogP contribution in [-0.2, 0) is 6.54 Å². The molecule has 3 aromatic carbocycles. The summed E-state index contributed by atoms with van der Waals surface area (Å²) in [5.74, 6) is 1.27. The number of ether oxygens (including phenoxy) is 1. The van der Waals surface area contributed by atoms with Crippen molar-refractivity contribution in [1.82, 2.24) is 0 Å². The molecule has 0 aromatic heterocycles. The lowest BCUT2D eigenvalue weighted by Crippen LogP contribution is -2.42. The van der Waals surface area contributed by atoms with Gasteiger partial charge in [0.25, 0.3) is 0 Å². The standard InChI is InChI=1S/C23H23NO/c1-17-23(18-8-4-3-5-9-18)22-11-7-6-10-19(22)16-24(17)20-12-14-21(25-2)15-13-20/h3-15,17,23H,16H2,1-2H3/t17-,23?/m0/s1. The van der Waals surface area contributed by atoms with E-state index in [9.17, 15) is 0 Å². The Bertz CT molecular complexity index is 841. The lowest BCUT2D eigenvalue weighted by Gasteiger charge is -2.42. The average Bonchev–Trinajstić information content (AvgIpc) is 2.68. The summed E-state index contributed by atoms with van der Waals surface area (Å²) in [7, 11) is 1.71. The maximum absolute atomic E-state index is 5.31. The van der Waals surface area contributed by atoms with E-state index in [4.69, 9.17) is 4.74 Å². The SMILES string of the molecule is COc1ccc(N2Cc3ccccc3C(c3ccccc3)[C@@H]2C)cc1. The fraction of sp³-hybridized carbons (Fsp3) is 0.217. The molecule has 1 aliphatic rings. The number of nitrogens with zero attached hydrogens (tertiary/aromatic N) is 1. The van der Waals surface area contributed by atoms with Gasteiger partial charge in [-0.05, 0) is 47.9 Å². The summed E-state index contributed by atoms with van der Waals surface area (Å²) >= 11 is 0. The Morgan fingerprint density at radius 1 is 0.840 bits per heavy atom. The van der Waals surface area contributed by atoms with Crippen molar-refractivity contribution < 1.29 is 4.74 Å². The Kier molecular flexibility index (Phi) is 4.19. The van der Waals surface area contributed by atoms with Gasteiger partial charge in [0, 0.05) is 24.2 Å². The number of benzene rings is 3. The number of fused-ring (bicyclic) bond motifs is 1. The van der Waals surface area contributed by atoms with Gasteiger partial charge in [-0.2, -0.15) is 0 Å². The van der Waals surface area contributed by atoms with Gasteiger partial charge in [-0.15, -0.1) is 0 Å². The van der Waals surface area contributed by atoms with Crippen LogP contribution in [0.2, 0.25) is 0 Å². The molecule has 2 atom stereocenters. The van der Waals surface area contributed by atoms with Crippen molar-refractivity contribution in [3.05, 3.63) is 95.6 Å². The molecule has 0 radical (unpaired) electrons. The van der Waals surface area contributed by atoms with Crippen LogP contribution < -0.4 is 9.64 Å². The molecule has 25 heavy (non-hydrogen) atoms. The van der Waals surface area contributed by atoms with E-state index in [-0.39, 0.29) is 0 Å². The van der Waals surface area contributed by atoms with E-state index in [1.54, 1.807) is 7.11 Å². The summed E-state index contributed by atoms with van der Waals surface area (Å²) < 4.78 is 5.31. The number of methoxy groups -OCH3 is 1. The topological polar surface area (TPSA) is 12.5 Å². The first-order valence-corrected chi connectivity index (χ1v) is 8.81. The Morgan fingerprint density at radius 3 is 2.24 bits per heavy atom. The largest absolute Gasteiger partial charge is 0.497 e. The normalized spacial score (nSPS) is 19.4. The third kappa shape index (κ3) is 2.89. The molecule has 0 fully saturated rings. The molecule has 1 unspecified atom stereocenters. The predicted molar refractivity (Wildman–Crippen MR) is 103 cm³/mol. The van der Waals surface area contributed by atoms with Crippen molar-refractivity contribution in [2.24, 2.45) is 0 Å². The molecule has 0 bridgehead atoms. The zero-order valence-corrected chi connectivity index (χ0v) is 14.7. The van der Waals surface area contributed by atoms with E-state index < -0.39 is 0 Å². The molecule has 4 rings (SSSR count). The number of anilines is 1. The van der Waals surface area contributed by atoms with Gasteiger partial charge in [0.15, 0.2) is 0 Å². The van der Waals surface area contributed by atoms with Crippen LogP contribution in [0, 0.1) is 0 Å². The molecule has 126 valence electrons. The van der Waals surface area contributed by atoms with Gasteiger partial charge in [-0.1, -0.05) is 54.6 Å². The maximum atomic E-state index is 5.31. The first-order chi connectivity index (χ1) is 12.3. The summed E-state index contributed by atoms with van der Waals surface area (Å²) in [5.41, 5.74) is 5.47. The molecule has 1 heterocycles. The summed E-state index contributed by atoms with van der Waals surface area (Å²) in [4.78, 5) is 2.50. The third-order valence-corrected chi connectivity index (χ3v) is 5.27. The Morgan fingerprint density at radius 2 is 1.52 bits per heavy atom. The Balaban J connectivity index is 1.78. The molecule has 3 aromatic rings. The number of rotatable bonds is 3. The molecule has 0 amide bonds. The van der Waals surface area contributed by atoms with E-state index in [0.717, 1.165) is 12.3 Å². The molecule has 0 aliphatic carbocycles. The van der Waals surface area contributed by atoms with Crippen LogP contribution in [0.3, 0.4) is 0 Å². The molecule has 0 N–H and O–H groups in total. The Labute approximate surface area is 149 Å². The van der Waals surface area contributed by atoms with Gasteiger partial charge >= 0.3 is 0 Å². The highest BCUT2D eigenvalue weighted by Gasteiger charge is 2.33. The predicted octanol–water partition coefficient (Wildman–Crippen LogP) is 5.24. The highest BCUT2D eigenvalue weighted by Crippen LogP contribution is 2.40. The lowest BCUT2D eigenvalue weighted by molar-refractivity contribution is 0.414.